The number of rotatable bonds is 2. The third-order valence-electron chi connectivity index (χ3n) is 2.83. The summed E-state index contributed by atoms with van der Waals surface area (Å²) in [4.78, 5) is 13.9. The molecule has 6 heteroatoms. The lowest BCUT2D eigenvalue weighted by Gasteiger charge is -2.27. The summed E-state index contributed by atoms with van der Waals surface area (Å²) in [6, 6.07) is 1.46. The lowest BCUT2D eigenvalue weighted by molar-refractivity contribution is -0.123. The Morgan fingerprint density at radius 3 is 3.06 bits per heavy atom. The molecule has 1 aliphatic rings. The molecule has 0 aliphatic heterocycles. The molecule has 0 saturated heterocycles. The predicted molar refractivity (Wildman–Crippen MR) is 55.0 cm³/mol. The Balaban J connectivity index is 2.31. The molecule has 0 amide bonds. The molecule has 1 heterocycles. The van der Waals surface area contributed by atoms with Crippen molar-refractivity contribution in [3.8, 4) is 0 Å². The summed E-state index contributed by atoms with van der Waals surface area (Å²) < 4.78 is 31.3. The van der Waals surface area contributed by atoms with Gasteiger partial charge >= 0.3 is 5.97 Å². The molecule has 17 heavy (non-hydrogen) atoms. The number of carbonyl (C=O) groups is 1. The lowest BCUT2D eigenvalue weighted by Crippen LogP contribution is -2.31. The third-order valence-corrected chi connectivity index (χ3v) is 2.83. The minimum atomic E-state index is -3.15. The molecule has 1 aromatic rings. The number of hydrogen-bond donors (Lipinski definition) is 2. The van der Waals surface area contributed by atoms with E-state index in [1.807, 2.05) is 0 Å². The van der Waals surface area contributed by atoms with Crippen molar-refractivity contribution in [1.29, 1.82) is 0 Å². The van der Waals surface area contributed by atoms with Crippen LogP contribution in [0.15, 0.2) is 6.07 Å². The molecule has 1 atom stereocenters. The molecule has 94 valence electrons. The second-order valence-electron chi connectivity index (χ2n) is 4.01. The van der Waals surface area contributed by atoms with Gasteiger partial charge in [0.2, 0.25) is 0 Å². The number of aryl methyl sites for hydroxylation is 1. The van der Waals surface area contributed by atoms with Crippen LogP contribution in [-0.2, 0) is 11.2 Å². The first-order valence-corrected chi connectivity index (χ1v) is 5.40. The van der Waals surface area contributed by atoms with E-state index in [9.17, 15) is 18.7 Å². The number of fused-ring (bicyclic) bond motifs is 1. The largest absolute Gasteiger partial charge is 0.461 e. The highest BCUT2D eigenvalue weighted by atomic mass is 19.3. The van der Waals surface area contributed by atoms with Crippen LogP contribution in [0.2, 0.25) is 0 Å². The minimum absolute atomic E-state index is 0.0179. The van der Waals surface area contributed by atoms with Gasteiger partial charge in [-0.3, -0.25) is 0 Å². The number of carbonyl (C=O) groups excluding carboxylic acids is 1. The average Bonchev–Trinajstić information content (AvgIpc) is 2.69. The van der Waals surface area contributed by atoms with E-state index in [4.69, 9.17) is 4.74 Å². The van der Waals surface area contributed by atoms with Crippen LogP contribution in [0.5, 0.6) is 0 Å². The Hall–Kier alpha value is -1.43. The molecule has 0 aromatic carbocycles. The lowest BCUT2D eigenvalue weighted by atomic mass is 9.92. The maximum atomic E-state index is 13.2. The number of aromatic nitrogens is 1. The number of aliphatic hydroxyl groups is 1. The molecule has 0 radical (unpaired) electrons. The van der Waals surface area contributed by atoms with E-state index in [1.54, 1.807) is 6.92 Å². The first-order valence-electron chi connectivity index (χ1n) is 5.40. The number of hydrogen-bond acceptors (Lipinski definition) is 3. The van der Waals surface area contributed by atoms with Gasteiger partial charge in [0.15, 0.2) is 6.10 Å². The summed E-state index contributed by atoms with van der Waals surface area (Å²) in [6.07, 6.45) is -2.16. The fraction of sp³-hybridized carbons (Fsp3) is 0.545. The van der Waals surface area contributed by atoms with Crippen molar-refractivity contribution in [2.45, 2.75) is 31.8 Å². The van der Waals surface area contributed by atoms with Gasteiger partial charge in [-0.25, -0.2) is 13.6 Å². The Bertz CT molecular complexity index is 442. The fourth-order valence-corrected chi connectivity index (χ4v) is 1.93. The predicted octanol–water partition coefficient (Wildman–Crippen LogP) is 1.81. The highest BCUT2D eigenvalue weighted by Crippen LogP contribution is 2.41. The van der Waals surface area contributed by atoms with Crippen molar-refractivity contribution < 1.29 is 23.4 Å². The smallest absolute Gasteiger partial charge is 0.354 e. The molecule has 0 fully saturated rings. The van der Waals surface area contributed by atoms with Gasteiger partial charge in [0.25, 0.3) is 5.92 Å². The molecule has 0 spiro atoms. The Morgan fingerprint density at radius 1 is 1.71 bits per heavy atom. The van der Waals surface area contributed by atoms with Gasteiger partial charge in [-0.2, -0.15) is 0 Å². The van der Waals surface area contributed by atoms with Crippen molar-refractivity contribution >= 4 is 5.97 Å². The minimum Gasteiger partial charge on any atom is -0.461 e. The van der Waals surface area contributed by atoms with Gasteiger partial charge in [-0.1, -0.05) is 0 Å². The summed E-state index contributed by atoms with van der Waals surface area (Å²) >= 11 is 0. The number of nitrogens with one attached hydrogen (secondary N) is 1. The van der Waals surface area contributed by atoms with Gasteiger partial charge in [0, 0.05) is 6.42 Å². The van der Waals surface area contributed by atoms with Crippen LogP contribution in [0, 0.1) is 0 Å². The number of halogens is 2. The number of aromatic amines is 1. The molecule has 1 aromatic heterocycles. The SMILES string of the molecule is CCOC(=O)c1cc2c([nH]1)[C@H](O)C(F)(F)CC2. The molecular weight excluding hydrogens is 232 g/mol. The van der Waals surface area contributed by atoms with E-state index in [0.29, 0.717) is 5.56 Å². The second-order valence-corrected chi connectivity index (χ2v) is 4.01. The number of esters is 1. The monoisotopic (exact) mass is 245 g/mol. The number of ether oxygens (including phenoxy) is 1. The van der Waals surface area contributed by atoms with Crippen molar-refractivity contribution in [3.05, 3.63) is 23.0 Å². The zero-order valence-corrected chi connectivity index (χ0v) is 9.30. The maximum Gasteiger partial charge on any atom is 0.354 e. The van der Waals surface area contributed by atoms with Crippen molar-refractivity contribution in [2.75, 3.05) is 6.61 Å². The van der Waals surface area contributed by atoms with E-state index >= 15 is 0 Å². The van der Waals surface area contributed by atoms with Gasteiger partial charge in [0.1, 0.15) is 5.69 Å². The van der Waals surface area contributed by atoms with Crippen LogP contribution < -0.4 is 0 Å². The summed E-state index contributed by atoms with van der Waals surface area (Å²) in [5.74, 6) is -3.75. The van der Waals surface area contributed by atoms with E-state index < -0.39 is 24.4 Å². The van der Waals surface area contributed by atoms with Gasteiger partial charge in [-0.05, 0) is 25.0 Å². The first-order chi connectivity index (χ1) is 7.95. The van der Waals surface area contributed by atoms with E-state index in [-0.39, 0.29) is 24.4 Å². The van der Waals surface area contributed by atoms with E-state index in [0.717, 1.165) is 0 Å². The topological polar surface area (TPSA) is 62.3 Å². The van der Waals surface area contributed by atoms with Gasteiger partial charge < -0.3 is 14.8 Å². The third kappa shape index (κ3) is 2.04. The molecule has 0 bridgehead atoms. The van der Waals surface area contributed by atoms with Crippen LogP contribution in [0.3, 0.4) is 0 Å². The Labute approximate surface area is 96.6 Å². The van der Waals surface area contributed by atoms with Gasteiger partial charge in [-0.15, -0.1) is 0 Å². The number of alkyl halides is 2. The van der Waals surface area contributed by atoms with E-state index in [2.05, 4.69) is 4.98 Å². The zero-order valence-electron chi connectivity index (χ0n) is 9.30. The van der Waals surface area contributed by atoms with Crippen molar-refractivity contribution in [2.24, 2.45) is 0 Å². The normalized spacial score (nSPS) is 22.0. The number of aliphatic hydroxyl groups excluding tert-OH is 1. The summed E-state index contributed by atoms with van der Waals surface area (Å²) in [7, 11) is 0. The Morgan fingerprint density at radius 2 is 2.41 bits per heavy atom. The highest BCUT2D eigenvalue weighted by Gasteiger charge is 2.44. The molecule has 2 rings (SSSR count). The average molecular weight is 245 g/mol. The first kappa shape index (κ1) is 12.0. The molecule has 0 saturated carbocycles. The van der Waals surface area contributed by atoms with Crippen molar-refractivity contribution in [1.82, 2.24) is 4.98 Å². The van der Waals surface area contributed by atoms with Gasteiger partial charge in [0.05, 0.1) is 12.3 Å². The number of H-pyrrole nitrogens is 1. The maximum absolute atomic E-state index is 13.2. The molecule has 1 aliphatic carbocycles. The fourth-order valence-electron chi connectivity index (χ4n) is 1.93. The van der Waals surface area contributed by atoms with Crippen LogP contribution in [0.1, 0.15) is 41.2 Å². The van der Waals surface area contributed by atoms with Crippen LogP contribution in [0.4, 0.5) is 8.78 Å². The molecule has 0 unspecified atom stereocenters. The van der Waals surface area contributed by atoms with Crippen LogP contribution in [0.25, 0.3) is 0 Å². The zero-order chi connectivity index (χ0) is 12.6. The second kappa shape index (κ2) is 4.10. The summed E-state index contributed by atoms with van der Waals surface area (Å²) in [5, 5.41) is 9.48. The molecule has 4 nitrogen and oxygen atoms in total. The highest BCUT2D eigenvalue weighted by molar-refractivity contribution is 5.88. The van der Waals surface area contributed by atoms with Crippen molar-refractivity contribution in [3.63, 3.8) is 0 Å². The standard InChI is InChI=1S/C11H13F2NO3/c1-2-17-10(16)7-5-6-3-4-11(12,13)9(15)8(6)14-7/h5,9,14-15H,2-4H2,1H3/t9-/m0/s1. The summed E-state index contributed by atoms with van der Waals surface area (Å²) in [5.41, 5.74) is 0.671. The quantitative estimate of drug-likeness (QED) is 0.781. The van der Waals surface area contributed by atoms with Crippen LogP contribution in [-0.4, -0.2) is 28.6 Å². The molecule has 2 N–H and O–H groups in total. The molecular formula is C11H13F2NO3. The summed E-state index contributed by atoms with van der Waals surface area (Å²) in [6.45, 7) is 1.87. The van der Waals surface area contributed by atoms with E-state index in [1.165, 1.54) is 6.07 Å². The Kier molecular flexibility index (Phi) is 2.91. The van der Waals surface area contributed by atoms with Crippen LogP contribution >= 0.6 is 0 Å².